The molecule has 3 rings (SSSR count). The van der Waals surface area contributed by atoms with E-state index < -0.39 is 15.9 Å². The molecule has 1 aromatic heterocycles. The number of sulfonamides is 1. The summed E-state index contributed by atoms with van der Waals surface area (Å²) in [5.74, 6) is -0.441. The van der Waals surface area contributed by atoms with Gasteiger partial charge in [0.1, 0.15) is 0 Å². The second kappa shape index (κ2) is 8.55. The van der Waals surface area contributed by atoms with Crippen molar-refractivity contribution in [2.75, 3.05) is 5.75 Å². The minimum absolute atomic E-state index is 0.0256. The highest BCUT2D eigenvalue weighted by Gasteiger charge is 2.15. The Hall–Kier alpha value is -2.36. The number of aromatic nitrogens is 2. The maximum absolute atomic E-state index is 12.2. The van der Waals surface area contributed by atoms with Gasteiger partial charge in [0.05, 0.1) is 21.7 Å². The molecule has 0 saturated heterocycles. The van der Waals surface area contributed by atoms with Crippen LogP contribution < -0.4 is 10.3 Å². The Morgan fingerprint density at radius 1 is 1.15 bits per heavy atom. The minimum Gasteiger partial charge on any atom is -0.333 e. The molecule has 9 heteroatoms. The molecule has 1 heterocycles. The third kappa shape index (κ3) is 5.09. The van der Waals surface area contributed by atoms with E-state index >= 15 is 0 Å². The molecule has 0 bridgehead atoms. The maximum Gasteiger partial charge on any atom is 0.257 e. The molecule has 2 aromatic carbocycles. The number of carbonyl (C=O) groups is 1. The smallest absolute Gasteiger partial charge is 0.257 e. The molecule has 142 valence electrons. The molecule has 1 amide bonds. The summed E-state index contributed by atoms with van der Waals surface area (Å²) in [6.07, 6.45) is 1.88. The predicted octanol–water partition coefficient (Wildman–Crippen LogP) is 2.62. The van der Waals surface area contributed by atoms with Crippen molar-refractivity contribution in [2.24, 2.45) is 0 Å². The summed E-state index contributed by atoms with van der Waals surface area (Å²) in [4.78, 5) is 21.6. The second-order valence-electron chi connectivity index (χ2n) is 5.90. The van der Waals surface area contributed by atoms with E-state index in [4.69, 9.17) is 0 Å². The van der Waals surface area contributed by atoms with Crippen molar-refractivity contribution < 1.29 is 13.2 Å². The van der Waals surface area contributed by atoms with E-state index in [1.165, 1.54) is 23.9 Å². The van der Waals surface area contributed by atoms with E-state index in [0.29, 0.717) is 5.16 Å². The van der Waals surface area contributed by atoms with E-state index in [0.717, 1.165) is 29.4 Å². The van der Waals surface area contributed by atoms with Gasteiger partial charge in [-0.25, -0.2) is 13.4 Å². The number of carbonyl (C=O) groups excluding carboxylic acids is 1. The fraction of sp³-hybridized carbons (Fsp3) is 0.222. The van der Waals surface area contributed by atoms with E-state index in [-0.39, 0.29) is 10.6 Å². The van der Waals surface area contributed by atoms with Crippen LogP contribution in [0.1, 0.15) is 18.9 Å². The summed E-state index contributed by atoms with van der Waals surface area (Å²) in [6.45, 7) is 2.06. The van der Waals surface area contributed by atoms with Crippen LogP contribution in [0.15, 0.2) is 58.6 Å². The summed E-state index contributed by atoms with van der Waals surface area (Å²) < 4.78 is 24.5. The van der Waals surface area contributed by atoms with Crippen LogP contribution in [0.4, 0.5) is 0 Å². The van der Waals surface area contributed by atoms with Crippen LogP contribution >= 0.6 is 11.8 Å². The number of para-hydroxylation sites is 2. The first kappa shape index (κ1) is 19.4. The summed E-state index contributed by atoms with van der Waals surface area (Å²) in [6, 6.07) is 14.2. The fourth-order valence-electron chi connectivity index (χ4n) is 2.47. The van der Waals surface area contributed by atoms with Gasteiger partial charge < -0.3 is 4.98 Å². The number of thioether (sulfide) groups is 1. The van der Waals surface area contributed by atoms with Gasteiger partial charge in [0, 0.05) is 0 Å². The van der Waals surface area contributed by atoms with Crippen LogP contribution in [-0.4, -0.2) is 30.0 Å². The van der Waals surface area contributed by atoms with Gasteiger partial charge in [-0.2, -0.15) is 0 Å². The fourth-order valence-corrected chi connectivity index (χ4v) is 4.02. The molecule has 0 fully saturated rings. The number of rotatable bonds is 8. The van der Waals surface area contributed by atoms with Crippen LogP contribution in [0.5, 0.6) is 0 Å². The molecule has 0 atom stereocenters. The van der Waals surface area contributed by atoms with Crippen molar-refractivity contribution in [3.8, 4) is 0 Å². The minimum atomic E-state index is -3.81. The average molecular weight is 405 g/mol. The number of nitrogens with one attached hydrogen (secondary N) is 3. The topological polar surface area (TPSA) is 104 Å². The summed E-state index contributed by atoms with van der Waals surface area (Å²) in [7, 11) is -3.81. The standard InChI is InChI=1S/C18H20N4O3S2/c1-2-5-13-8-10-14(11-9-13)27(24,25)22-21-17(23)12-26-18-19-15-6-3-4-7-16(15)20-18/h3-4,6-11,22H,2,5,12H2,1H3,(H,19,20)(H,21,23). The molecule has 0 aliphatic carbocycles. The first-order valence-corrected chi connectivity index (χ1v) is 10.9. The van der Waals surface area contributed by atoms with E-state index in [9.17, 15) is 13.2 Å². The molecule has 3 aromatic rings. The van der Waals surface area contributed by atoms with Gasteiger partial charge in [-0.1, -0.05) is 49.4 Å². The van der Waals surface area contributed by atoms with Gasteiger partial charge in [0.25, 0.3) is 10.0 Å². The van der Waals surface area contributed by atoms with Gasteiger partial charge in [0.2, 0.25) is 5.91 Å². The molecule has 3 N–H and O–H groups in total. The number of amides is 1. The largest absolute Gasteiger partial charge is 0.333 e. The Balaban J connectivity index is 1.53. The van der Waals surface area contributed by atoms with Gasteiger partial charge in [-0.3, -0.25) is 10.2 Å². The van der Waals surface area contributed by atoms with Crippen molar-refractivity contribution in [2.45, 2.75) is 29.8 Å². The van der Waals surface area contributed by atoms with E-state index in [1.54, 1.807) is 12.1 Å². The van der Waals surface area contributed by atoms with Crippen LogP contribution in [0.25, 0.3) is 11.0 Å². The lowest BCUT2D eigenvalue weighted by molar-refractivity contribution is -0.119. The summed E-state index contributed by atoms with van der Waals surface area (Å²) in [5, 5.41) is 0.598. The monoisotopic (exact) mass is 404 g/mol. The lowest BCUT2D eigenvalue weighted by Crippen LogP contribution is -2.42. The zero-order chi connectivity index (χ0) is 19.3. The Morgan fingerprint density at radius 2 is 1.89 bits per heavy atom. The Labute approximate surface area is 162 Å². The number of benzene rings is 2. The van der Waals surface area contributed by atoms with Crippen molar-refractivity contribution in [3.05, 3.63) is 54.1 Å². The zero-order valence-electron chi connectivity index (χ0n) is 14.7. The van der Waals surface area contributed by atoms with Crippen LogP contribution in [0.2, 0.25) is 0 Å². The van der Waals surface area contributed by atoms with Crippen LogP contribution in [-0.2, 0) is 21.2 Å². The number of nitrogens with zero attached hydrogens (tertiary/aromatic N) is 1. The summed E-state index contributed by atoms with van der Waals surface area (Å²) in [5.41, 5.74) is 4.99. The summed E-state index contributed by atoms with van der Waals surface area (Å²) >= 11 is 1.19. The van der Waals surface area contributed by atoms with Crippen molar-refractivity contribution in [1.29, 1.82) is 0 Å². The third-order valence-corrected chi connectivity index (χ3v) is 5.94. The first-order chi connectivity index (χ1) is 13.0. The lowest BCUT2D eigenvalue weighted by Gasteiger charge is -2.08. The van der Waals surface area contributed by atoms with Crippen LogP contribution in [0, 0.1) is 0 Å². The van der Waals surface area contributed by atoms with Gasteiger partial charge in [0.15, 0.2) is 5.16 Å². The number of aryl methyl sites for hydroxylation is 1. The molecule has 0 aliphatic rings. The Morgan fingerprint density at radius 3 is 2.59 bits per heavy atom. The van der Waals surface area contributed by atoms with Gasteiger partial charge in [-0.15, -0.1) is 4.83 Å². The highest BCUT2D eigenvalue weighted by molar-refractivity contribution is 7.99. The number of hydrogen-bond acceptors (Lipinski definition) is 5. The Bertz CT molecular complexity index is 997. The number of fused-ring (bicyclic) bond motifs is 1. The average Bonchev–Trinajstić information content (AvgIpc) is 3.08. The maximum atomic E-state index is 12.2. The first-order valence-electron chi connectivity index (χ1n) is 8.45. The zero-order valence-corrected chi connectivity index (χ0v) is 16.4. The van der Waals surface area contributed by atoms with Crippen LogP contribution in [0.3, 0.4) is 0 Å². The molecular weight excluding hydrogens is 384 g/mol. The molecular formula is C18H20N4O3S2. The number of hydrogen-bond donors (Lipinski definition) is 3. The highest BCUT2D eigenvalue weighted by Crippen LogP contribution is 2.18. The van der Waals surface area contributed by atoms with Crippen molar-refractivity contribution in [3.63, 3.8) is 0 Å². The van der Waals surface area contributed by atoms with Crippen molar-refractivity contribution >= 4 is 38.7 Å². The Kier molecular flexibility index (Phi) is 6.15. The molecule has 0 aliphatic heterocycles. The van der Waals surface area contributed by atoms with E-state index in [2.05, 4.69) is 27.1 Å². The molecule has 27 heavy (non-hydrogen) atoms. The SMILES string of the molecule is CCCc1ccc(S(=O)(=O)NNC(=O)CSc2nc3ccccc3[nH]2)cc1. The van der Waals surface area contributed by atoms with Crippen molar-refractivity contribution in [1.82, 2.24) is 20.2 Å². The van der Waals surface area contributed by atoms with Gasteiger partial charge in [-0.05, 0) is 36.2 Å². The third-order valence-electron chi connectivity index (χ3n) is 3.80. The number of aromatic amines is 1. The van der Waals surface area contributed by atoms with E-state index in [1.807, 2.05) is 24.3 Å². The molecule has 0 saturated carbocycles. The molecule has 0 spiro atoms. The normalized spacial score (nSPS) is 11.6. The lowest BCUT2D eigenvalue weighted by atomic mass is 10.1. The molecule has 7 nitrogen and oxygen atoms in total. The number of H-pyrrole nitrogens is 1. The molecule has 0 unspecified atom stereocenters. The molecule has 0 radical (unpaired) electrons. The predicted molar refractivity (Wildman–Crippen MR) is 106 cm³/mol. The van der Waals surface area contributed by atoms with Gasteiger partial charge >= 0.3 is 0 Å². The quantitative estimate of drug-likeness (QED) is 0.395. The number of imidazole rings is 1. The highest BCUT2D eigenvalue weighted by atomic mass is 32.2. The number of hydrazine groups is 1. The second-order valence-corrected chi connectivity index (χ2v) is 8.54.